The lowest BCUT2D eigenvalue weighted by Crippen LogP contribution is -2.28. The van der Waals surface area contributed by atoms with Gasteiger partial charge in [0.25, 0.3) is 0 Å². The molecule has 0 atom stereocenters. The number of hydrogen-bond acceptors (Lipinski definition) is 7. The van der Waals surface area contributed by atoms with Crippen molar-refractivity contribution in [1.82, 2.24) is 0 Å². The van der Waals surface area contributed by atoms with Gasteiger partial charge in [-0.3, -0.25) is 4.79 Å². The molecule has 0 aromatic carbocycles. The van der Waals surface area contributed by atoms with Crippen LogP contribution < -0.4 is 0 Å². The van der Waals surface area contributed by atoms with Gasteiger partial charge in [0.2, 0.25) is 0 Å². The van der Waals surface area contributed by atoms with Crippen LogP contribution in [0.1, 0.15) is 32.6 Å². The lowest BCUT2D eigenvalue weighted by Gasteiger charge is -2.23. The summed E-state index contributed by atoms with van der Waals surface area (Å²) >= 11 is 0. The summed E-state index contributed by atoms with van der Waals surface area (Å²) in [5, 5.41) is 0. The molecule has 0 aliphatic carbocycles. The average molecular weight is 315 g/mol. The molecule has 0 bridgehead atoms. The fourth-order valence-corrected chi connectivity index (χ4v) is 2.35. The molecule has 1 radical (unpaired) electrons. The molecule has 125 valence electrons. The second kappa shape index (κ2) is 8.95. The zero-order valence-corrected chi connectivity index (χ0v) is 12.9. The fourth-order valence-electron chi connectivity index (χ4n) is 2.35. The van der Waals surface area contributed by atoms with Crippen LogP contribution >= 0.6 is 0 Å². The molecule has 0 saturated carbocycles. The Bertz CT molecular complexity index is 359. The van der Waals surface area contributed by atoms with Gasteiger partial charge in [0, 0.05) is 26.1 Å². The Morgan fingerprint density at radius 3 is 2.23 bits per heavy atom. The summed E-state index contributed by atoms with van der Waals surface area (Å²) in [6.07, 6.45) is 2.07. The molecule has 7 nitrogen and oxygen atoms in total. The van der Waals surface area contributed by atoms with E-state index in [1.54, 1.807) is 6.92 Å². The first-order chi connectivity index (χ1) is 10.6. The molecular formula is C15H23O7. The molecule has 2 rings (SSSR count). The smallest absolute Gasteiger partial charge is 0.461 e. The van der Waals surface area contributed by atoms with Gasteiger partial charge in [0.05, 0.1) is 19.1 Å². The third kappa shape index (κ3) is 5.81. The van der Waals surface area contributed by atoms with Crippen LogP contribution in [0.2, 0.25) is 0 Å². The first kappa shape index (κ1) is 17.0. The molecule has 2 aliphatic heterocycles. The summed E-state index contributed by atoms with van der Waals surface area (Å²) in [5.41, 5.74) is 0. The summed E-state index contributed by atoms with van der Waals surface area (Å²) < 4.78 is 25.7. The lowest BCUT2D eigenvalue weighted by molar-refractivity contribution is -0.152. The maximum absolute atomic E-state index is 11.8. The minimum atomic E-state index is -0.758. The zero-order chi connectivity index (χ0) is 15.8. The molecule has 0 spiro atoms. The van der Waals surface area contributed by atoms with Gasteiger partial charge in [-0.25, -0.2) is 4.79 Å². The van der Waals surface area contributed by atoms with Crippen molar-refractivity contribution in [3.8, 4) is 0 Å². The summed E-state index contributed by atoms with van der Waals surface area (Å²) in [6, 6.07) is 0. The zero-order valence-electron chi connectivity index (χ0n) is 12.9. The highest BCUT2D eigenvalue weighted by atomic mass is 16.7. The third-order valence-corrected chi connectivity index (χ3v) is 3.66. The number of ether oxygens (including phenoxy) is 5. The Morgan fingerprint density at radius 1 is 1.00 bits per heavy atom. The van der Waals surface area contributed by atoms with Crippen LogP contribution in [-0.4, -0.2) is 51.3 Å². The topological polar surface area (TPSA) is 80.3 Å². The van der Waals surface area contributed by atoms with Crippen LogP contribution in [-0.2, 0) is 28.5 Å². The minimum Gasteiger partial charge on any atom is -0.461 e. The van der Waals surface area contributed by atoms with E-state index in [2.05, 4.69) is 0 Å². The van der Waals surface area contributed by atoms with E-state index in [-0.39, 0.29) is 24.6 Å². The maximum Gasteiger partial charge on any atom is 0.509 e. The average Bonchev–Trinajstić information content (AvgIpc) is 2.54. The normalized spacial score (nSPS) is 20.6. The second-order valence-electron chi connectivity index (χ2n) is 5.48. The van der Waals surface area contributed by atoms with E-state index >= 15 is 0 Å². The third-order valence-electron chi connectivity index (χ3n) is 3.66. The van der Waals surface area contributed by atoms with E-state index in [0.29, 0.717) is 58.2 Å². The summed E-state index contributed by atoms with van der Waals surface area (Å²) in [6.45, 7) is 3.88. The van der Waals surface area contributed by atoms with Crippen molar-refractivity contribution in [2.75, 3.05) is 33.0 Å². The van der Waals surface area contributed by atoms with Crippen molar-refractivity contribution >= 4 is 12.1 Å². The quantitative estimate of drug-likeness (QED) is 0.716. The van der Waals surface area contributed by atoms with Crippen LogP contribution in [0.5, 0.6) is 0 Å². The van der Waals surface area contributed by atoms with Crippen molar-refractivity contribution in [2.24, 2.45) is 5.92 Å². The first-order valence-corrected chi connectivity index (χ1v) is 7.68. The van der Waals surface area contributed by atoms with Crippen LogP contribution in [0.3, 0.4) is 0 Å². The van der Waals surface area contributed by atoms with Gasteiger partial charge in [0.1, 0.15) is 12.7 Å². The molecule has 0 unspecified atom stereocenters. The largest absolute Gasteiger partial charge is 0.509 e. The van der Waals surface area contributed by atoms with Gasteiger partial charge in [-0.15, -0.1) is 0 Å². The molecule has 0 N–H and O–H groups in total. The van der Waals surface area contributed by atoms with Gasteiger partial charge in [-0.05, 0) is 19.8 Å². The van der Waals surface area contributed by atoms with Crippen LogP contribution in [0, 0.1) is 12.0 Å². The molecule has 0 aromatic rings. The van der Waals surface area contributed by atoms with Gasteiger partial charge >= 0.3 is 12.1 Å². The highest BCUT2D eigenvalue weighted by Gasteiger charge is 2.25. The Labute approximate surface area is 130 Å². The molecule has 2 fully saturated rings. The van der Waals surface area contributed by atoms with Crippen LogP contribution in [0.4, 0.5) is 4.79 Å². The molecule has 0 aromatic heterocycles. The highest BCUT2D eigenvalue weighted by molar-refractivity contribution is 5.72. The van der Waals surface area contributed by atoms with Gasteiger partial charge in [0.15, 0.2) is 6.10 Å². The summed E-state index contributed by atoms with van der Waals surface area (Å²) in [7, 11) is 0. The molecule has 0 amide bonds. The predicted octanol–water partition coefficient (Wildman–Crippen LogP) is 1.84. The minimum absolute atomic E-state index is 0.0426. The Morgan fingerprint density at radius 2 is 1.59 bits per heavy atom. The van der Waals surface area contributed by atoms with Gasteiger partial charge < -0.3 is 23.7 Å². The number of esters is 1. The van der Waals surface area contributed by atoms with Crippen LogP contribution in [0.15, 0.2) is 0 Å². The lowest BCUT2D eigenvalue weighted by atomic mass is 10.0. The predicted molar refractivity (Wildman–Crippen MR) is 74.8 cm³/mol. The van der Waals surface area contributed by atoms with E-state index in [0.717, 1.165) is 0 Å². The molecule has 2 aliphatic rings. The number of hydrogen-bond donors (Lipinski definition) is 0. The molecule has 7 heteroatoms. The van der Waals surface area contributed by atoms with Crippen molar-refractivity contribution in [3.05, 3.63) is 6.10 Å². The SMILES string of the molecule is C[C](COC(=O)C1CCOCC1)OC(=O)OC1CCOCC1. The maximum atomic E-state index is 11.8. The Balaban J connectivity index is 1.60. The van der Waals surface area contributed by atoms with Gasteiger partial charge in [-0.2, -0.15) is 0 Å². The van der Waals surface area contributed by atoms with Crippen molar-refractivity contribution in [3.63, 3.8) is 0 Å². The Kier molecular flexibility index (Phi) is 6.92. The standard InChI is InChI=1S/C15H23O7/c1-11(10-20-14(16)12-2-6-18-7-3-12)21-15(17)22-13-4-8-19-9-5-13/h12-13H,2-10H2,1H3. The van der Waals surface area contributed by atoms with Crippen LogP contribution in [0.25, 0.3) is 0 Å². The molecule has 2 saturated heterocycles. The molecule has 2 heterocycles. The first-order valence-electron chi connectivity index (χ1n) is 7.68. The second-order valence-corrected chi connectivity index (χ2v) is 5.48. The van der Waals surface area contributed by atoms with E-state index in [1.807, 2.05) is 0 Å². The van der Waals surface area contributed by atoms with E-state index in [4.69, 9.17) is 23.7 Å². The number of rotatable bonds is 5. The molecular weight excluding hydrogens is 292 g/mol. The van der Waals surface area contributed by atoms with E-state index in [1.165, 1.54) is 0 Å². The molecule has 22 heavy (non-hydrogen) atoms. The monoisotopic (exact) mass is 315 g/mol. The number of carbonyl (C=O) groups is 2. The van der Waals surface area contributed by atoms with E-state index in [9.17, 15) is 9.59 Å². The number of carbonyl (C=O) groups excluding carboxylic acids is 2. The highest BCUT2D eigenvalue weighted by Crippen LogP contribution is 2.17. The summed E-state index contributed by atoms with van der Waals surface area (Å²) in [4.78, 5) is 23.4. The summed E-state index contributed by atoms with van der Waals surface area (Å²) in [5.74, 6) is -0.403. The fraction of sp³-hybridized carbons (Fsp3) is 0.800. The van der Waals surface area contributed by atoms with Crippen molar-refractivity contribution < 1.29 is 33.3 Å². The van der Waals surface area contributed by atoms with Gasteiger partial charge in [-0.1, -0.05) is 0 Å². The van der Waals surface area contributed by atoms with Crippen molar-refractivity contribution in [2.45, 2.75) is 38.7 Å². The Hall–Kier alpha value is -1.34. The van der Waals surface area contributed by atoms with E-state index < -0.39 is 6.16 Å². The van der Waals surface area contributed by atoms with Crippen molar-refractivity contribution in [1.29, 1.82) is 0 Å².